The Morgan fingerprint density at radius 1 is 0.966 bits per heavy atom. The van der Waals surface area contributed by atoms with Gasteiger partial charge >= 0.3 is 0 Å². The van der Waals surface area contributed by atoms with Crippen molar-refractivity contribution >= 4 is 34.7 Å². The fraction of sp³-hybridized carbons (Fsp3) is 0.130. The van der Waals surface area contributed by atoms with Crippen LogP contribution >= 0.6 is 23.2 Å². The number of carbonyl (C=O) groups is 1. The Hall–Kier alpha value is -2.82. The van der Waals surface area contributed by atoms with Crippen LogP contribution in [-0.2, 0) is 0 Å². The molecule has 0 fully saturated rings. The number of benzene rings is 3. The first-order valence-corrected chi connectivity index (χ1v) is 10.0. The fourth-order valence-electron chi connectivity index (χ4n) is 3.79. The van der Waals surface area contributed by atoms with E-state index in [0.29, 0.717) is 27.8 Å². The third-order valence-corrected chi connectivity index (χ3v) is 5.70. The normalized spacial score (nSPS) is 19.8. The number of nitrogens with zero attached hydrogens (tertiary/aromatic N) is 2. The summed E-state index contributed by atoms with van der Waals surface area (Å²) in [5, 5.41) is 7.76. The Kier molecular flexibility index (Phi) is 4.53. The SMILES string of the molecule is O=C(c1ccc(Cl)cc1)[C@@H]1Oc2ccc(Cl)cc2[C@H]2CC(c3ccccc3)=NN21. The minimum absolute atomic E-state index is 0.117. The Balaban J connectivity index is 1.57. The predicted octanol–water partition coefficient (Wildman–Crippen LogP) is 5.75. The van der Waals surface area contributed by atoms with Crippen LogP contribution in [0.4, 0.5) is 0 Å². The van der Waals surface area contributed by atoms with Gasteiger partial charge in [0, 0.05) is 27.6 Å². The molecule has 2 heterocycles. The van der Waals surface area contributed by atoms with E-state index in [1.54, 1.807) is 35.3 Å². The molecule has 0 saturated heterocycles. The van der Waals surface area contributed by atoms with Crippen molar-refractivity contribution in [3.8, 4) is 5.75 Å². The number of ether oxygens (including phenoxy) is 1. The van der Waals surface area contributed by atoms with E-state index in [2.05, 4.69) is 0 Å². The van der Waals surface area contributed by atoms with Gasteiger partial charge in [-0.3, -0.25) is 4.79 Å². The van der Waals surface area contributed by atoms with Crippen LogP contribution in [-0.4, -0.2) is 22.7 Å². The van der Waals surface area contributed by atoms with Gasteiger partial charge in [-0.1, -0.05) is 53.5 Å². The maximum absolute atomic E-state index is 13.3. The van der Waals surface area contributed by atoms with Gasteiger partial charge in [-0.05, 0) is 48.0 Å². The van der Waals surface area contributed by atoms with Crippen LogP contribution < -0.4 is 4.74 Å². The van der Waals surface area contributed by atoms with Gasteiger partial charge in [-0.2, -0.15) is 5.10 Å². The smallest absolute Gasteiger partial charge is 0.251 e. The quantitative estimate of drug-likeness (QED) is 0.504. The third kappa shape index (κ3) is 3.28. The topological polar surface area (TPSA) is 41.9 Å². The predicted molar refractivity (Wildman–Crippen MR) is 114 cm³/mol. The van der Waals surface area contributed by atoms with Crippen LogP contribution in [0.5, 0.6) is 5.75 Å². The first-order valence-electron chi connectivity index (χ1n) is 9.27. The van der Waals surface area contributed by atoms with E-state index in [-0.39, 0.29) is 11.8 Å². The lowest BCUT2D eigenvalue weighted by Crippen LogP contribution is -2.45. The van der Waals surface area contributed by atoms with Crippen molar-refractivity contribution in [2.75, 3.05) is 0 Å². The molecule has 0 amide bonds. The highest BCUT2D eigenvalue weighted by Crippen LogP contribution is 2.44. The van der Waals surface area contributed by atoms with Gasteiger partial charge in [-0.25, -0.2) is 5.01 Å². The maximum atomic E-state index is 13.3. The number of hydrogen-bond acceptors (Lipinski definition) is 4. The molecule has 0 N–H and O–H groups in total. The molecule has 3 aromatic carbocycles. The largest absolute Gasteiger partial charge is 0.461 e. The van der Waals surface area contributed by atoms with Crippen LogP contribution in [0.3, 0.4) is 0 Å². The van der Waals surface area contributed by atoms with E-state index in [4.69, 9.17) is 33.0 Å². The van der Waals surface area contributed by atoms with Crippen LogP contribution in [0, 0.1) is 0 Å². The summed E-state index contributed by atoms with van der Waals surface area (Å²) in [5.41, 5.74) is 3.41. The average Bonchev–Trinajstić information content (AvgIpc) is 3.20. The van der Waals surface area contributed by atoms with Crippen LogP contribution in [0.1, 0.15) is 33.9 Å². The highest BCUT2D eigenvalue weighted by Gasteiger charge is 2.43. The van der Waals surface area contributed by atoms with E-state index in [1.807, 2.05) is 42.5 Å². The average molecular weight is 423 g/mol. The molecule has 2 atom stereocenters. The monoisotopic (exact) mass is 422 g/mol. The lowest BCUT2D eigenvalue weighted by Gasteiger charge is -2.37. The van der Waals surface area contributed by atoms with Gasteiger partial charge in [-0.15, -0.1) is 0 Å². The Morgan fingerprint density at radius 3 is 2.45 bits per heavy atom. The highest BCUT2D eigenvalue weighted by atomic mass is 35.5. The molecule has 0 radical (unpaired) electrons. The minimum atomic E-state index is -0.851. The number of carbonyl (C=O) groups excluding carboxylic acids is 1. The van der Waals surface area contributed by atoms with Gasteiger partial charge in [0.15, 0.2) is 0 Å². The van der Waals surface area contributed by atoms with Crippen molar-refractivity contribution < 1.29 is 9.53 Å². The van der Waals surface area contributed by atoms with E-state index in [9.17, 15) is 4.79 Å². The summed E-state index contributed by atoms with van der Waals surface area (Å²) in [6, 6.07) is 22.1. The zero-order chi connectivity index (χ0) is 20.0. The molecule has 6 heteroatoms. The maximum Gasteiger partial charge on any atom is 0.251 e. The summed E-state index contributed by atoms with van der Waals surface area (Å²) in [6.45, 7) is 0. The van der Waals surface area contributed by atoms with Gasteiger partial charge in [0.2, 0.25) is 5.78 Å². The lowest BCUT2D eigenvalue weighted by molar-refractivity contribution is -0.00455. The molecule has 0 aromatic heterocycles. The van der Waals surface area contributed by atoms with Gasteiger partial charge < -0.3 is 4.74 Å². The number of fused-ring (bicyclic) bond motifs is 3. The molecule has 0 saturated carbocycles. The first kappa shape index (κ1) is 18.2. The zero-order valence-electron chi connectivity index (χ0n) is 15.3. The molecule has 5 rings (SSSR count). The second kappa shape index (κ2) is 7.21. The Bertz CT molecular complexity index is 1110. The molecule has 0 spiro atoms. The number of Topliss-reactive ketones (excluding diaryl/α,β-unsaturated/α-hetero) is 1. The molecule has 4 nitrogen and oxygen atoms in total. The van der Waals surface area contributed by atoms with E-state index >= 15 is 0 Å². The summed E-state index contributed by atoms with van der Waals surface area (Å²) in [5.74, 6) is 0.498. The standard InChI is InChI=1S/C23H16Cl2N2O2/c24-16-8-6-15(7-9-16)22(28)23-27-20(18-12-17(25)10-11-21(18)29-23)13-19(26-27)14-4-2-1-3-5-14/h1-12,20,23H,13H2/t20-,23+/m1/s1. The summed E-state index contributed by atoms with van der Waals surface area (Å²) in [6.07, 6.45) is -0.179. The first-order chi connectivity index (χ1) is 14.1. The fourth-order valence-corrected chi connectivity index (χ4v) is 4.10. The van der Waals surface area contributed by atoms with Gasteiger partial charge in [0.05, 0.1) is 11.8 Å². The van der Waals surface area contributed by atoms with Crippen molar-refractivity contribution in [1.82, 2.24) is 5.01 Å². The summed E-state index contributed by atoms with van der Waals surface area (Å²) < 4.78 is 6.11. The number of rotatable bonds is 3. The second-order valence-corrected chi connectivity index (χ2v) is 7.91. The molecule has 2 aliphatic rings. The highest BCUT2D eigenvalue weighted by molar-refractivity contribution is 6.31. The molecule has 3 aromatic rings. The zero-order valence-corrected chi connectivity index (χ0v) is 16.8. The van der Waals surface area contributed by atoms with Crippen molar-refractivity contribution in [3.63, 3.8) is 0 Å². The Morgan fingerprint density at radius 2 is 1.69 bits per heavy atom. The molecule has 2 aliphatic heterocycles. The number of hydrazone groups is 1. The molecule has 29 heavy (non-hydrogen) atoms. The summed E-state index contributed by atoms with van der Waals surface area (Å²) in [4.78, 5) is 13.3. The molecular formula is C23H16Cl2N2O2. The molecule has 144 valence electrons. The lowest BCUT2D eigenvalue weighted by atomic mass is 9.96. The molecular weight excluding hydrogens is 407 g/mol. The molecule has 0 aliphatic carbocycles. The summed E-state index contributed by atoms with van der Waals surface area (Å²) >= 11 is 12.2. The van der Waals surface area contributed by atoms with Crippen LogP contribution in [0.25, 0.3) is 0 Å². The number of hydrogen-bond donors (Lipinski definition) is 0. The van der Waals surface area contributed by atoms with Crippen LogP contribution in [0.15, 0.2) is 77.9 Å². The molecule has 0 unspecified atom stereocenters. The van der Waals surface area contributed by atoms with Crippen molar-refractivity contribution in [1.29, 1.82) is 0 Å². The van der Waals surface area contributed by atoms with Crippen LogP contribution in [0.2, 0.25) is 10.0 Å². The van der Waals surface area contributed by atoms with Crippen molar-refractivity contribution in [2.45, 2.75) is 18.7 Å². The van der Waals surface area contributed by atoms with Crippen molar-refractivity contribution in [2.24, 2.45) is 5.10 Å². The minimum Gasteiger partial charge on any atom is -0.461 e. The third-order valence-electron chi connectivity index (χ3n) is 5.21. The van der Waals surface area contributed by atoms with E-state index < -0.39 is 6.23 Å². The van der Waals surface area contributed by atoms with Gasteiger partial charge in [0.25, 0.3) is 6.23 Å². The number of halogens is 2. The van der Waals surface area contributed by atoms with E-state index in [1.165, 1.54) is 0 Å². The van der Waals surface area contributed by atoms with Gasteiger partial charge in [0.1, 0.15) is 5.75 Å². The summed E-state index contributed by atoms with van der Waals surface area (Å²) in [7, 11) is 0. The number of ketones is 1. The van der Waals surface area contributed by atoms with E-state index in [0.717, 1.165) is 16.8 Å². The Labute approximate surface area is 178 Å². The molecule has 0 bridgehead atoms. The second-order valence-electron chi connectivity index (χ2n) is 7.04. The van der Waals surface area contributed by atoms with Crippen molar-refractivity contribution in [3.05, 3.63) is 99.5 Å².